The fourth-order valence-corrected chi connectivity index (χ4v) is 8.29. The number of ether oxygens (including phenoxy) is 4. The van der Waals surface area contributed by atoms with Crippen LogP contribution in [-0.4, -0.2) is 59.5 Å². The molecule has 9 nitrogen and oxygen atoms in total. The Bertz CT molecular complexity index is 1070. The van der Waals surface area contributed by atoms with Crippen LogP contribution in [0.1, 0.15) is 114 Å². The van der Waals surface area contributed by atoms with E-state index >= 15 is 0 Å². The highest BCUT2D eigenvalue weighted by molar-refractivity contribution is 5.71. The molecule has 2 fully saturated rings. The van der Waals surface area contributed by atoms with Gasteiger partial charge in [-0.05, 0) is 62.4 Å². The van der Waals surface area contributed by atoms with Gasteiger partial charge in [-0.3, -0.25) is 19.2 Å². The summed E-state index contributed by atoms with van der Waals surface area (Å²) in [6.45, 7) is 17.2. The van der Waals surface area contributed by atoms with Crippen molar-refractivity contribution in [2.75, 3.05) is 0 Å². The van der Waals surface area contributed by atoms with E-state index in [1.807, 2.05) is 34.6 Å². The molecular weight excluding hydrogens is 552 g/mol. The molecule has 0 radical (unpaired) electrons. The lowest BCUT2D eigenvalue weighted by molar-refractivity contribution is -0.212. The zero-order chi connectivity index (χ0) is 32.3. The number of esters is 4. The predicted molar refractivity (Wildman–Crippen MR) is 160 cm³/mol. The molecule has 0 bridgehead atoms. The third-order valence-electron chi connectivity index (χ3n) is 10.2. The quantitative estimate of drug-likeness (QED) is 0.179. The van der Waals surface area contributed by atoms with Gasteiger partial charge in [0.15, 0.2) is 6.10 Å². The Hall–Kier alpha value is -2.42. The normalized spacial score (nSPS) is 37.0. The van der Waals surface area contributed by atoms with E-state index in [0.717, 1.165) is 0 Å². The van der Waals surface area contributed by atoms with Crippen LogP contribution in [0.2, 0.25) is 0 Å². The second-order valence-corrected chi connectivity index (χ2v) is 13.9. The van der Waals surface area contributed by atoms with Crippen molar-refractivity contribution in [1.82, 2.24) is 0 Å². The molecule has 0 saturated heterocycles. The van der Waals surface area contributed by atoms with E-state index < -0.39 is 53.3 Å². The lowest BCUT2D eigenvalue weighted by atomic mass is 9.49. The van der Waals surface area contributed by atoms with Crippen molar-refractivity contribution in [2.45, 2.75) is 144 Å². The molecule has 0 aromatic heterocycles. The van der Waals surface area contributed by atoms with Gasteiger partial charge in [0.1, 0.15) is 24.4 Å². The standard InChI is InChI=1S/C34H54O9/c1-10-13-25(36)41-23-17-34(9)24(42-26(37)14-11-2)18-33(8)22(29(34)28(23)19(4)5)16-20(6)31(40-21(7)35)30(39)32(33)43-27(38)15-12-3/h16,19,22-24,28-32,39H,10-15,17-18H2,1-9H3/t22-,23+,24+,28+,29?,30+,31+,32-,33-,34+/m1/s1. The summed E-state index contributed by atoms with van der Waals surface area (Å²) in [7, 11) is 0. The van der Waals surface area contributed by atoms with Gasteiger partial charge in [-0.25, -0.2) is 0 Å². The predicted octanol–water partition coefficient (Wildman–Crippen LogP) is 5.70. The van der Waals surface area contributed by atoms with Crippen molar-refractivity contribution < 1.29 is 43.2 Å². The van der Waals surface area contributed by atoms with Crippen molar-refractivity contribution >= 4 is 23.9 Å². The van der Waals surface area contributed by atoms with E-state index in [1.165, 1.54) is 6.92 Å². The van der Waals surface area contributed by atoms with Gasteiger partial charge >= 0.3 is 23.9 Å². The van der Waals surface area contributed by atoms with Crippen LogP contribution in [0.5, 0.6) is 0 Å². The van der Waals surface area contributed by atoms with Gasteiger partial charge in [-0.1, -0.05) is 54.5 Å². The van der Waals surface area contributed by atoms with Crippen LogP contribution in [0.25, 0.3) is 0 Å². The SMILES string of the molecule is CCCC(=O)O[C@H]1C[C@]2(C)C([C@H]1C(C)C)[C@H]1C=C(C)[C@H](OC(C)=O)[C@H](O)[C@@H](OC(=O)CCC)[C@]1(C)C[C@@H]2OC(=O)CCC. The number of carbonyl (C=O) groups is 4. The summed E-state index contributed by atoms with van der Waals surface area (Å²) in [6.07, 6.45) is 1.22. The van der Waals surface area contributed by atoms with Gasteiger partial charge in [0, 0.05) is 42.9 Å². The van der Waals surface area contributed by atoms with Crippen molar-refractivity contribution in [1.29, 1.82) is 0 Å². The maximum absolute atomic E-state index is 13.1. The summed E-state index contributed by atoms with van der Waals surface area (Å²) in [5.41, 5.74) is -0.790. The third kappa shape index (κ3) is 7.12. The summed E-state index contributed by atoms with van der Waals surface area (Å²) in [6, 6.07) is 0. The molecule has 0 aromatic rings. The monoisotopic (exact) mass is 606 g/mol. The Morgan fingerprint density at radius 2 is 1.40 bits per heavy atom. The highest BCUT2D eigenvalue weighted by Gasteiger charge is 2.69. The number of rotatable bonds is 11. The summed E-state index contributed by atoms with van der Waals surface area (Å²) >= 11 is 0. The van der Waals surface area contributed by atoms with Crippen LogP contribution < -0.4 is 0 Å². The highest BCUT2D eigenvalue weighted by atomic mass is 16.6. The molecule has 1 N–H and O–H groups in total. The Labute approximate surface area is 257 Å². The minimum atomic E-state index is -1.33. The summed E-state index contributed by atoms with van der Waals surface area (Å²) < 4.78 is 24.2. The molecular formula is C34H54O9. The Morgan fingerprint density at radius 1 is 0.860 bits per heavy atom. The van der Waals surface area contributed by atoms with Gasteiger partial charge in [0.25, 0.3) is 0 Å². The van der Waals surface area contributed by atoms with E-state index in [-0.39, 0.29) is 48.5 Å². The van der Waals surface area contributed by atoms with Gasteiger partial charge in [-0.2, -0.15) is 0 Å². The largest absolute Gasteiger partial charge is 0.462 e. The molecule has 2 saturated carbocycles. The average Bonchev–Trinajstić information content (AvgIpc) is 3.17. The second kappa shape index (κ2) is 14.1. The van der Waals surface area contributed by atoms with Gasteiger partial charge < -0.3 is 24.1 Å². The number of hydrogen-bond acceptors (Lipinski definition) is 9. The van der Waals surface area contributed by atoms with Crippen molar-refractivity contribution in [3.05, 3.63) is 11.6 Å². The van der Waals surface area contributed by atoms with Crippen LogP contribution in [0.15, 0.2) is 11.6 Å². The molecule has 3 aliphatic carbocycles. The first-order chi connectivity index (χ1) is 20.1. The molecule has 0 amide bonds. The summed E-state index contributed by atoms with van der Waals surface area (Å²) in [4.78, 5) is 51.1. The summed E-state index contributed by atoms with van der Waals surface area (Å²) in [5, 5.41) is 11.8. The van der Waals surface area contributed by atoms with Crippen molar-refractivity contribution in [3.8, 4) is 0 Å². The first-order valence-corrected chi connectivity index (χ1v) is 16.3. The number of hydrogen-bond donors (Lipinski definition) is 1. The molecule has 244 valence electrons. The molecule has 0 aliphatic heterocycles. The first-order valence-electron chi connectivity index (χ1n) is 16.3. The molecule has 9 heteroatoms. The van der Waals surface area contributed by atoms with Gasteiger partial charge in [0.2, 0.25) is 0 Å². The zero-order valence-electron chi connectivity index (χ0n) is 27.6. The number of carbonyl (C=O) groups excluding carboxylic acids is 4. The van der Waals surface area contributed by atoms with Crippen molar-refractivity contribution in [3.63, 3.8) is 0 Å². The Morgan fingerprint density at radius 3 is 1.91 bits per heavy atom. The van der Waals surface area contributed by atoms with E-state index in [4.69, 9.17) is 18.9 Å². The van der Waals surface area contributed by atoms with Gasteiger partial charge in [-0.15, -0.1) is 0 Å². The van der Waals surface area contributed by atoms with Crippen LogP contribution >= 0.6 is 0 Å². The fourth-order valence-electron chi connectivity index (χ4n) is 8.29. The number of allylic oxidation sites excluding steroid dienone is 1. The number of fused-ring (bicyclic) bond motifs is 3. The molecule has 3 rings (SSSR count). The van der Waals surface area contributed by atoms with E-state index in [1.54, 1.807) is 0 Å². The Kier molecular flexibility index (Phi) is 11.5. The fraction of sp³-hybridized carbons (Fsp3) is 0.824. The molecule has 10 atom stereocenters. The number of aliphatic hydroxyl groups is 1. The van der Waals surface area contributed by atoms with Crippen LogP contribution in [-0.2, 0) is 38.1 Å². The maximum Gasteiger partial charge on any atom is 0.306 e. The minimum absolute atomic E-state index is 0.0960. The smallest absolute Gasteiger partial charge is 0.306 e. The third-order valence-corrected chi connectivity index (χ3v) is 10.2. The molecule has 1 unspecified atom stereocenters. The van der Waals surface area contributed by atoms with E-state index in [0.29, 0.717) is 44.1 Å². The number of aliphatic hydroxyl groups excluding tert-OH is 1. The van der Waals surface area contributed by atoms with E-state index in [2.05, 4.69) is 26.8 Å². The van der Waals surface area contributed by atoms with Gasteiger partial charge in [0.05, 0.1) is 0 Å². The van der Waals surface area contributed by atoms with Crippen LogP contribution in [0.3, 0.4) is 0 Å². The zero-order valence-corrected chi connectivity index (χ0v) is 27.6. The maximum atomic E-state index is 13.1. The van der Waals surface area contributed by atoms with Crippen molar-refractivity contribution in [2.24, 2.45) is 34.5 Å². The second-order valence-electron chi connectivity index (χ2n) is 13.9. The molecule has 43 heavy (non-hydrogen) atoms. The Balaban J connectivity index is 2.26. The van der Waals surface area contributed by atoms with Crippen LogP contribution in [0.4, 0.5) is 0 Å². The molecule has 0 aromatic carbocycles. The highest BCUT2D eigenvalue weighted by Crippen LogP contribution is 2.67. The lowest BCUT2D eigenvalue weighted by Crippen LogP contribution is -2.61. The first kappa shape index (κ1) is 35.1. The molecule has 0 heterocycles. The van der Waals surface area contributed by atoms with Crippen LogP contribution in [0, 0.1) is 34.5 Å². The topological polar surface area (TPSA) is 125 Å². The van der Waals surface area contributed by atoms with E-state index in [9.17, 15) is 24.3 Å². The molecule has 3 aliphatic rings. The summed E-state index contributed by atoms with van der Waals surface area (Å²) in [5.74, 6) is -1.96. The average molecular weight is 607 g/mol. The minimum Gasteiger partial charge on any atom is -0.462 e. The molecule has 0 spiro atoms. The lowest BCUT2D eigenvalue weighted by Gasteiger charge is -2.57.